The molecule has 0 radical (unpaired) electrons. The predicted octanol–water partition coefficient (Wildman–Crippen LogP) is 3.67. The van der Waals surface area contributed by atoms with Crippen LogP contribution in [-0.4, -0.2) is 16.5 Å². The van der Waals surface area contributed by atoms with Crippen LogP contribution in [-0.2, 0) is 5.60 Å². The van der Waals surface area contributed by atoms with Gasteiger partial charge in [-0.05, 0) is 47.0 Å². The van der Waals surface area contributed by atoms with Crippen molar-refractivity contribution in [3.8, 4) is 5.75 Å². The van der Waals surface area contributed by atoms with Crippen molar-refractivity contribution < 1.29 is 18.6 Å². The summed E-state index contributed by atoms with van der Waals surface area (Å²) in [5.74, 6) is 0.601. The first-order chi connectivity index (χ1) is 7.79. The van der Waals surface area contributed by atoms with Crippen LogP contribution in [0.25, 0.3) is 0 Å². The number of aliphatic hydroxyl groups is 1. The third kappa shape index (κ3) is 3.39. The number of alkyl halides is 3. The molecule has 0 heterocycles. The minimum Gasteiger partial charge on any atom is -0.494 e. The van der Waals surface area contributed by atoms with Gasteiger partial charge in [-0.3, -0.25) is 0 Å². The van der Waals surface area contributed by atoms with E-state index in [1.807, 2.05) is 6.92 Å². The van der Waals surface area contributed by atoms with E-state index in [4.69, 9.17) is 4.74 Å². The number of ether oxygens (including phenoxy) is 1. The first kappa shape index (κ1) is 14.4. The SMILES string of the molecule is CCCOc1ccc(C(C)(O)C(F)(F)Br)cc1. The molecule has 1 atom stereocenters. The first-order valence-corrected chi connectivity index (χ1v) is 6.10. The Morgan fingerprint density at radius 3 is 2.24 bits per heavy atom. The van der Waals surface area contributed by atoms with E-state index in [2.05, 4.69) is 15.9 Å². The topological polar surface area (TPSA) is 29.5 Å². The van der Waals surface area contributed by atoms with Crippen LogP contribution in [0.5, 0.6) is 5.75 Å². The van der Waals surface area contributed by atoms with Crippen LogP contribution < -0.4 is 4.74 Å². The molecule has 96 valence electrons. The second kappa shape index (κ2) is 5.31. The lowest BCUT2D eigenvalue weighted by Gasteiger charge is -2.28. The van der Waals surface area contributed by atoms with Crippen molar-refractivity contribution in [1.29, 1.82) is 0 Å². The quantitative estimate of drug-likeness (QED) is 0.841. The molecule has 0 fully saturated rings. The van der Waals surface area contributed by atoms with E-state index in [0.717, 1.165) is 13.3 Å². The zero-order valence-electron chi connectivity index (χ0n) is 9.71. The zero-order chi connectivity index (χ0) is 13.1. The van der Waals surface area contributed by atoms with E-state index >= 15 is 0 Å². The summed E-state index contributed by atoms with van der Waals surface area (Å²) in [5, 5.41) is 9.75. The smallest absolute Gasteiger partial charge is 0.333 e. The number of halogens is 3. The van der Waals surface area contributed by atoms with Crippen molar-refractivity contribution in [2.75, 3.05) is 6.61 Å². The molecule has 1 aromatic rings. The van der Waals surface area contributed by atoms with E-state index in [0.29, 0.717) is 12.4 Å². The standard InChI is InChI=1S/C12H15BrF2O2/c1-3-8-17-10-6-4-9(5-7-10)11(2,16)12(13,14)15/h4-7,16H,3,8H2,1-2H3. The van der Waals surface area contributed by atoms with Crippen LogP contribution in [0.15, 0.2) is 24.3 Å². The molecular formula is C12H15BrF2O2. The highest BCUT2D eigenvalue weighted by Crippen LogP contribution is 2.42. The van der Waals surface area contributed by atoms with Gasteiger partial charge in [0.2, 0.25) is 0 Å². The predicted molar refractivity (Wildman–Crippen MR) is 65.7 cm³/mol. The third-order valence-corrected chi connectivity index (χ3v) is 3.21. The lowest BCUT2D eigenvalue weighted by molar-refractivity contribution is -0.109. The Hall–Kier alpha value is -0.680. The van der Waals surface area contributed by atoms with Gasteiger partial charge >= 0.3 is 4.83 Å². The number of benzene rings is 1. The molecular weight excluding hydrogens is 294 g/mol. The van der Waals surface area contributed by atoms with Gasteiger partial charge in [-0.25, -0.2) is 0 Å². The molecule has 1 aromatic carbocycles. The van der Waals surface area contributed by atoms with Crippen molar-refractivity contribution in [3.63, 3.8) is 0 Å². The molecule has 0 saturated carbocycles. The molecule has 0 bridgehead atoms. The fraction of sp³-hybridized carbons (Fsp3) is 0.500. The van der Waals surface area contributed by atoms with Crippen molar-refractivity contribution in [2.24, 2.45) is 0 Å². The van der Waals surface area contributed by atoms with Gasteiger partial charge in [0.05, 0.1) is 6.61 Å². The van der Waals surface area contributed by atoms with Crippen molar-refractivity contribution in [2.45, 2.75) is 30.7 Å². The molecule has 1 rings (SSSR count). The number of rotatable bonds is 5. The minimum atomic E-state index is -3.38. The molecule has 2 nitrogen and oxygen atoms in total. The molecule has 0 aliphatic rings. The van der Waals surface area contributed by atoms with Gasteiger partial charge < -0.3 is 9.84 Å². The maximum absolute atomic E-state index is 13.1. The average molecular weight is 309 g/mol. The van der Waals surface area contributed by atoms with Crippen LogP contribution in [0.4, 0.5) is 8.78 Å². The van der Waals surface area contributed by atoms with E-state index < -0.39 is 10.4 Å². The molecule has 1 N–H and O–H groups in total. The summed E-state index contributed by atoms with van der Waals surface area (Å²) >= 11 is 2.18. The third-order valence-electron chi connectivity index (χ3n) is 2.44. The largest absolute Gasteiger partial charge is 0.494 e. The summed E-state index contributed by atoms with van der Waals surface area (Å²) in [6.07, 6.45) is 0.874. The van der Waals surface area contributed by atoms with Crippen molar-refractivity contribution in [3.05, 3.63) is 29.8 Å². The summed E-state index contributed by atoms with van der Waals surface area (Å²) < 4.78 is 31.6. The second-order valence-corrected chi connectivity index (χ2v) is 4.94. The summed E-state index contributed by atoms with van der Waals surface area (Å²) in [4.78, 5) is -3.38. The molecule has 0 amide bonds. The van der Waals surface area contributed by atoms with Gasteiger partial charge in [-0.15, -0.1) is 0 Å². The highest BCUT2D eigenvalue weighted by molar-refractivity contribution is 9.10. The molecule has 0 aliphatic carbocycles. The minimum absolute atomic E-state index is 0.128. The fourth-order valence-corrected chi connectivity index (χ4v) is 1.49. The average Bonchev–Trinajstić information content (AvgIpc) is 2.25. The van der Waals surface area contributed by atoms with Crippen molar-refractivity contribution in [1.82, 2.24) is 0 Å². The van der Waals surface area contributed by atoms with E-state index in [1.165, 1.54) is 12.1 Å². The van der Waals surface area contributed by atoms with E-state index in [-0.39, 0.29) is 5.56 Å². The Kier molecular flexibility index (Phi) is 4.49. The molecule has 5 heteroatoms. The van der Waals surface area contributed by atoms with Gasteiger partial charge in [-0.1, -0.05) is 19.1 Å². The van der Waals surface area contributed by atoms with Crippen LogP contribution in [0.2, 0.25) is 0 Å². The molecule has 17 heavy (non-hydrogen) atoms. The monoisotopic (exact) mass is 308 g/mol. The highest BCUT2D eigenvalue weighted by atomic mass is 79.9. The summed E-state index contributed by atoms with van der Waals surface area (Å²) in [5.41, 5.74) is -2.13. The number of hydrogen-bond acceptors (Lipinski definition) is 2. The fourth-order valence-electron chi connectivity index (χ4n) is 1.26. The Balaban J connectivity index is 2.87. The van der Waals surface area contributed by atoms with E-state index in [9.17, 15) is 13.9 Å². The summed E-state index contributed by atoms with van der Waals surface area (Å²) in [7, 11) is 0. The zero-order valence-corrected chi connectivity index (χ0v) is 11.3. The van der Waals surface area contributed by atoms with Crippen molar-refractivity contribution >= 4 is 15.9 Å². The Bertz CT molecular complexity index is 358. The van der Waals surface area contributed by atoms with Gasteiger partial charge in [0.15, 0.2) is 5.60 Å². The van der Waals surface area contributed by atoms with Gasteiger partial charge in [0.25, 0.3) is 0 Å². The Morgan fingerprint density at radius 2 is 1.82 bits per heavy atom. The summed E-state index contributed by atoms with van der Waals surface area (Å²) in [6, 6.07) is 6.00. The first-order valence-electron chi connectivity index (χ1n) is 5.31. The van der Waals surface area contributed by atoms with E-state index in [1.54, 1.807) is 12.1 Å². The Labute approximate surface area is 108 Å². The van der Waals surface area contributed by atoms with Crippen LogP contribution in [0.1, 0.15) is 25.8 Å². The van der Waals surface area contributed by atoms with Crippen LogP contribution >= 0.6 is 15.9 Å². The van der Waals surface area contributed by atoms with Crippen LogP contribution in [0.3, 0.4) is 0 Å². The van der Waals surface area contributed by atoms with Crippen LogP contribution in [0, 0.1) is 0 Å². The maximum Gasteiger partial charge on any atom is 0.333 e. The lowest BCUT2D eigenvalue weighted by atomic mass is 9.96. The molecule has 0 aromatic heterocycles. The van der Waals surface area contributed by atoms with Gasteiger partial charge in [0.1, 0.15) is 5.75 Å². The normalized spacial score (nSPS) is 15.4. The lowest BCUT2D eigenvalue weighted by Crippen LogP contribution is -2.37. The molecule has 0 aliphatic heterocycles. The molecule has 0 saturated heterocycles. The second-order valence-electron chi connectivity index (χ2n) is 3.94. The Morgan fingerprint density at radius 1 is 1.29 bits per heavy atom. The number of hydrogen-bond donors (Lipinski definition) is 1. The maximum atomic E-state index is 13.1. The van der Waals surface area contributed by atoms with Gasteiger partial charge in [-0.2, -0.15) is 8.78 Å². The van der Waals surface area contributed by atoms with Gasteiger partial charge in [0, 0.05) is 0 Å². The summed E-state index contributed by atoms with van der Waals surface area (Å²) in [6.45, 7) is 3.61. The highest BCUT2D eigenvalue weighted by Gasteiger charge is 2.47. The molecule has 1 unspecified atom stereocenters. The molecule has 0 spiro atoms.